The molecule has 0 atom stereocenters. The second-order valence-electron chi connectivity index (χ2n) is 3.26. The number of benzene rings is 1. The van der Waals surface area contributed by atoms with Crippen LogP contribution in [0.3, 0.4) is 0 Å². The van der Waals surface area contributed by atoms with Crippen molar-refractivity contribution in [1.82, 2.24) is 0 Å². The van der Waals surface area contributed by atoms with Gasteiger partial charge in [0, 0.05) is 6.54 Å². The quantitative estimate of drug-likeness (QED) is 0.765. The molecule has 0 fully saturated rings. The molecule has 0 aliphatic heterocycles. The summed E-state index contributed by atoms with van der Waals surface area (Å²) >= 11 is 0. The van der Waals surface area contributed by atoms with Crippen molar-refractivity contribution in [2.75, 3.05) is 10.8 Å². The molecule has 0 aliphatic rings. The van der Waals surface area contributed by atoms with Crippen LogP contribution in [0.2, 0.25) is 0 Å². The molecule has 9 heteroatoms. The maximum Gasteiger partial charge on any atom is 0.387 e. The fraction of sp³-hybridized carbons (Fsp3) is 0.300. The van der Waals surface area contributed by atoms with E-state index < -0.39 is 28.2 Å². The predicted molar refractivity (Wildman–Crippen MR) is 60.5 cm³/mol. The van der Waals surface area contributed by atoms with Gasteiger partial charge in [-0.25, -0.2) is 8.42 Å². The SMILES string of the molecule is CCN(c1cccc(OC(F)F)c1C#N)S(=O)(=O)[O-]. The van der Waals surface area contributed by atoms with Crippen molar-refractivity contribution in [3.05, 3.63) is 23.8 Å². The molecule has 0 saturated carbocycles. The third-order valence-corrected chi connectivity index (χ3v) is 3.15. The number of anilines is 1. The Hall–Kier alpha value is -1.92. The third-order valence-electron chi connectivity index (χ3n) is 2.16. The summed E-state index contributed by atoms with van der Waals surface area (Å²) in [5, 5.41) is 8.92. The number of hydrogen-bond donors (Lipinski definition) is 0. The number of ether oxygens (including phenoxy) is 1. The molecule has 0 heterocycles. The maximum absolute atomic E-state index is 12.2. The number of nitriles is 1. The van der Waals surface area contributed by atoms with Gasteiger partial charge in [0.05, 0.1) is 5.69 Å². The molecule has 0 unspecified atom stereocenters. The first kappa shape index (κ1) is 15.1. The highest BCUT2D eigenvalue weighted by Gasteiger charge is 2.19. The van der Waals surface area contributed by atoms with E-state index in [1.165, 1.54) is 13.0 Å². The molecule has 0 amide bonds. The summed E-state index contributed by atoms with van der Waals surface area (Å²) in [7, 11) is -4.86. The number of nitrogens with zero attached hydrogens (tertiary/aromatic N) is 2. The van der Waals surface area contributed by atoms with Crippen molar-refractivity contribution in [2.24, 2.45) is 0 Å². The van der Waals surface area contributed by atoms with Crippen molar-refractivity contribution < 1.29 is 26.5 Å². The first-order valence-electron chi connectivity index (χ1n) is 5.02. The van der Waals surface area contributed by atoms with Gasteiger partial charge in [0.25, 0.3) is 0 Å². The largest absolute Gasteiger partial charge is 0.731 e. The minimum atomic E-state index is -4.86. The molecule has 0 aromatic heterocycles. The average molecular weight is 291 g/mol. The molecule has 1 aromatic rings. The molecule has 1 rings (SSSR count). The monoisotopic (exact) mass is 291 g/mol. The molecule has 0 aliphatic carbocycles. The number of halogens is 2. The fourth-order valence-electron chi connectivity index (χ4n) is 1.48. The molecule has 104 valence electrons. The number of alkyl halides is 2. The van der Waals surface area contributed by atoms with E-state index in [2.05, 4.69) is 4.74 Å². The van der Waals surface area contributed by atoms with Gasteiger partial charge in [-0.15, -0.1) is 0 Å². The van der Waals surface area contributed by atoms with Gasteiger partial charge >= 0.3 is 6.61 Å². The number of hydrogen-bond acceptors (Lipinski definition) is 5. The second kappa shape index (κ2) is 5.81. The van der Waals surface area contributed by atoms with E-state index in [9.17, 15) is 21.8 Å². The van der Waals surface area contributed by atoms with E-state index >= 15 is 0 Å². The lowest BCUT2D eigenvalue weighted by Gasteiger charge is -2.26. The van der Waals surface area contributed by atoms with Gasteiger partial charge in [-0.3, -0.25) is 4.31 Å². The van der Waals surface area contributed by atoms with Gasteiger partial charge in [-0.05, 0) is 19.1 Å². The van der Waals surface area contributed by atoms with Crippen molar-refractivity contribution in [3.63, 3.8) is 0 Å². The van der Waals surface area contributed by atoms with Gasteiger partial charge in [-0.2, -0.15) is 14.0 Å². The third kappa shape index (κ3) is 3.52. The summed E-state index contributed by atoms with van der Waals surface area (Å²) < 4.78 is 61.9. The zero-order valence-electron chi connectivity index (χ0n) is 9.71. The Morgan fingerprint density at radius 2 is 2.16 bits per heavy atom. The Morgan fingerprint density at radius 1 is 1.53 bits per heavy atom. The van der Waals surface area contributed by atoms with E-state index in [-0.39, 0.29) is 12.2 Å². The minimum absolute atomic E-state index is 0.237. The van der Waals surface area contributed by atoms with Crippen LogP contribution in [-0.4, -0.2) is 26.1 Å². The van der Waals surface area contributed by atoms with E-state index in [4.69, 9.17) is 5.26 Å². The highest BCUT2D eigenvalue weighted by molar-refractivity contribution is 7.87. The van der Waals surface area contributed by atoms with Crippen LogP contribution in [0.25, 0.3) is 0 Å². The Balaban J connectivity index is 3.40. The highest BCUT2D eigenvalue weighted by atomic mass is 32.2. The Morgan fingerprint density at radius 3 is 2.58 bits per heavy atom. The molecule has 1 aromatic carbocycles. The summed E-state index contributed by atoms with van der Waals surface area (Å²) in [5.74, 6) is -0.489. The lowest BCUT2D eigenvalue weighted by Crippen LogP contribution is -2.31. The normalized spacial score (nSPS) is 11.2. The summed E-state index contributed by atoms with van der Waals surface area (Å²) in [6, 6.07) is 5.01. The molecular weight excluding hydrogens is 282 g/mol. The molecule has 19 heavy (non-hydrogen) atoms. The number of rotatable bonds is 5. The van der Waals surface area contributed by atoms with E-state index in [1.54, 1.807) is 6.07 Å². The van der Waals surface area contributed by atoms with Gasteiger partial charge in [0.15, 0.2) is 10.3 Å². The topological polar surface area (TPSA) is 93.5 Å². The predicted octanol–water partition coefficient (Wildman–Crippen LogP) is 1.45. The van der Waals surface area contributed by atoms with E-state index in [0.29, 0.717) is 4.31 Å². The van der Waals surface area contributed by atoms with Crippen molar-refractivity contribution in [1.29, 1.82) is 5.26 Å². The smallest absolute Gasteiger partial charge is 0.387 e. The van der Waals surface area contributed by atoms with E-state index in [1.807, 2.05) is 0 Å². The minimum Gasteiger partial charge on any atom is -0.731 e. The maximum atomic E-state index is 12.2. The second-order valence-corrected chi connectivity index (χ2v) is 4.56. The standard InChI is InChI=1S/C10H10F2N2O4S/c1-2-14(19(15,16)17)8-4-3-5-9(7(8)6-13)18-10(11)12/h3-5,10H,2H2,1H3,(H,15,16,17)/p-1. The molecule has 6 nitrogen and oxygen atoms in total. The first-order chi connectivity index (χ1) is 8.81. The van der Waals surface area contributed by atoms with Crippen LogP contribution in [0.15, 0.2) is 18.2 Å². The van der Waals surface area contributed by atoms with Gasteiger partial charge < -0.3 is 9.29 Å². The van der Waals surface area contributed by atoms with Crippen molar-refractivity contribution >= 4 is 16.0 Å². The van der Waals surface area contributed by atoms with Crippen LogP contribution >= 0.6 is 0 Å². The zero-order chi connectivity index (χ0) is 14.6. The molecule has 0 N–H and O–H groups in total. The summed E-state index contributed by atoms with van der Waals surface area (Å²) in [4.78, 5) is 0. The van der Waals surface area contributed by atoms with Crippen LogP contribution in [0.1, 0.15) is 12.5 Å². The van der Waals surface area contributed by atoms with Crippen LogP contribution in [0, 0.1) is 11.3 Å². The molecule has 0 radical (unpaired) electrons. The Kier molecular flexibility index (Phi) is 4.63. The van der Waals surface area contributed by atoms with Crippen molar-refractivity contribution in [2.45, 2.75) is 13.5 Å². The van der Waals surface area contributed by atoms with Crippen LogP contribution < -0.4 is 9.04 Å². The average Bonchev–Trinajstić information content (AvgIpc) is 2.27. The van der Waals surface area contributed by atoms with E-state index in [0.717, 1.165) is 12.1 Å². The summed E-state index contributed by atoms with van der Waals surface area (Å²) in [5.41, 5.74) is -0.734. The summed E-state index contributed by atoms with van der Waals surface area (Å²) in [6.07, 6.45) is 0. The molecule has 0 saturated heterocycles. The highest BCUT2D eigenvalue weighted by Crippen LogP contribution is 2.30. The first-order valence-corrected chi connectivity index (χ1v) is 6.39. The van der Waals surface area contributed by atoms with Gasteiger partial charge in [-0.1, -0.05) is 6.07 Å². The Bertz CT molecular complexity index is 598. The van der Waals surface area contributed by atoms with Crippen LogP contribution in [0.5, 0.6) is 5.75 Å². The fourth-order valence-corrected chi connectivity index (χ4v) is 2.19. The lowest BCUT2D eigenvalue weighted by atomic mass is 10.1. The lowest BCUT2D eigenvalue weighted by molar-refractivity contribution is -0.0499. The van der Waals surface area contributed by atoms with Crippen molar-refractivity contribution in [3.8, 4) is 11.8 Å². The molecular formula is C10H9F2N2O4S-. The summed E-state index contributed by atoms with van der Waals surface area (Å²) in [6.45, 7) is -2.03. The Labute approximate surface area is 108 Å². The zero-order valence-corrected chi connectivity index (χ0v) is 10.5. The van der Waals surface area contributed by atoms with Gasteiger partial charge in [0.1, 0.15) is 17.4 Å². The van der Waals surface area contributed by atoms with Crippen LogP contribution in [0.4, 0.5) is 14.5 Å². The molecule has 0 spiro atoms. The van der Waals surface area contributed by atoms with Crippen LogP contribution in [-0.2, 0) is 10.3 Å². The molecule has 0 bridgehead atoms. The van der Waals surface area contributed by atoms with Gasteiger partial charge in [0.2, 0.25) is 0 Å².